The smallest absolute Gasteiger partial charge is 0.303 e. The van der Waals surface area contributed by atoms with Gasteiger partial charge < -0.3 is 9.84 Å². The van der Waals surface area contributed by atoms with Gasteiger partial charge in [0.1, 0.15) is 11.6 Å². The average molecular weight is 630 g/mol. The molecule has 0 spiro atoms. The SMILES string of the molecule is COc1ccc(C23CCC(CN(c4cc(-c5cnc(C(C)C)s5)ccn4)C(=O)[C@H]4CC[C@H](CC(=O)O)CC4)(CC2)CC3)cc1C. The zero-order chi connectivity index (χ0) is 31.8. The second-order valence-electron chi connectivity index (χ2n) is 14.3. The minimum absolute atomic E-state index is 0.0758. The molecule has 3 aromatic rings. The lowest BCUT2D eigenvalue weighted by atomic mass is 9.51. The van der Waals surface area contributed by atoms with Crippen LogP contribution in [0.3, 0.4) is 0 Å². The fourth-order valence-electron chi connectivity index (χ4n) is 8.24. The van der Waals surface area contributed by atoms with Crippen LogP contribution in [0.15, 0.2) is 42.7 Å². The Balaban J connectivity index is 1.25. The van der Waals surface area contributed by atoms with Crippen molar-refractivity contribution < 1.29 is 19.4 Å². The van der Waals surface area contributed by atoms with Crippen LogP contribution in [-0.4, -0.2) is 40.6 Å². The molecule has 8 heteroatoms. The van der Waals surface area contributed by atoms with Gasteiger partial charge in [-0.15, -0.1) is 11.3 Å². The summed E-state index contributed by atoms with van der Waals surface area (Å²) in [6, 6.07) is 10.8. The number of ether oxygens (including phenoxy) is 1. The lowest BCUT2D eigenvalue weighted by molar-refractivity contribution is -0.138. The van der Waals surface area contributed by atoms with E-state index in [-0.39, 0.29) is 35.0 Å². The first-order valence-electron chi connectivity index (χ1n) is 16.7. The normalized spacial score (nSPS) is 26.2. The first-order valence-corrected chi connectivity index (χ1v) is 17.5. The molecule has 2 heterocycles. The van der Waals surface area contributed by atoms with Gasteiger partial charge >= 0.3 is 5.97 Å². The molecule has 45 heavy (non-hydrogen) atoms. The molecule has 0 aliphatic heterocycles. The summed E-state index contributed by atoms with van der Waals surface area (Å²) in [7, 11) is 1.73. The maximum atomic E-state index is 14.4. The number of thiazole rings is 1. The van der Waals surface area contributed by atoms with Crippen molar-refractivity contribution in [3.63, 3.8) is 0 Å². The van der Waals surface area contributed by atoms with E-state index in [1.807, 2.05) is 23.4 Å². The Bertz CT molecular complexity index is 1520. The van der Waals surface area contributed by atoms with E-state index in [4.69, 9.17) is 9.72 Å². The summed E-state index contributed by atoms with van der Waals surface area (Å²) in [6.07, 6.45) is 13.7. The number of benzene rings is 1. The predicted octanol–water partition coefficient (Wildman–Crippen LogP) is 8.55. The molecule has 7 rings (SSSR count). The molecule has 2 bridgehead atoms. The van der Waals surface area contributed by atoms with Crippen LogP contribution >= 0.6 is 11.3 Å². The predicted molar refractivity (Wildman–Crippen MR) is 179 cm³/mol. The maximum absolute atomic E-state index is 14.4. The van der Waals surface area contributed by atoms with Crippen molar-refractivity contribution in [3.8, 4) is 16.2 Å². The number of hydrogen-bond acceptors (Lipinski definition) is 6. The van der Waals surface area contributed by atoms with E-state index in [0.29, 0.717) is 12.5 Å². The standard InChI is InChI=1S/C37H47N3O4S/c1-24(2)34-39-22-31(45-34)28-11-18-38-32(21-28)40(35(43)27-7-5-26(6-8-27)20-33(41)42)23-36-12-15-37(16-13-36,17-14-36)29-9-10-30(44-4)25(3)19-29/h9-11,18-19,21-22,24,26-27H,5-8,12-17,20,23H2,1-4H3,(H,41,42)/t26-,27-,36?,37?. The molecule has 4 saturated carbocycles. The highest BCUT2D eigenvalue weighted by Crippen LogP contribution is 2.58. The molecule has 4 aliphatic carbocycles. The Kier molecular flexibility index (Phi) is 9.06. The molecular weight excluding hydrogens is 582 g/mol. The van der Waals surface area contributed by atoms with Crippen LogP contribution in [0.5, 0.6) is 5.75 Å². The number of carbonyl (C=O) groups excluding carboxylic acids is 1. The topological polar surface area (TPSA) is 92.6 Å². The summed E-state index contributed by atoms with van der Waals surface area (Å²) < 4.78 is 5.54. The number of amides is 1. The molecule has 1 aromatic carbocycles. The van der Waals surface area contributed by atoms with Gasteiger partial charge in [-0.25, -0.2) is 9.97 Å². The Hall–Kier alpha value is -3.26. The summed E-state index contributed by atoms with van der Waals surface area (Å²) in [5.74, 6) is 1.51. The number of hydrogen-bond donors (Lipinski definition) is 1. The average Bonchev–Trinajstić information content (AvgIpc) is 3.56. The second kappa shape index (κ2) is 12.9. The third kappa shape index (κ3) is 6.53. The zero-order valence-corrected chi connectivity index (χ0v) is 28.0. The maximum Gasteiger partial charge on any atom is 0.303 e. The number of carboxylic acids is 1. The number of methoxy groups -OCH3 is 1. The quantitative estimate of drug-likeness (QED) is 0.242. The summed E-state index contributed by atoms with van der Waals surface area (Å²) in [5, 5.41) is 10.4. The molecule has 7 nitrogen and oxygen atoms in total. The van der Waals surface area contributed by atoms with Gasteiger partial charge in [-0.1, -0.05) is 26.0 Å². The molecule has 1 N–H and O–H groups in total. The number of carbonyl (C=O) groups is 2. The molecule has 4 aliphatic rings. The second-order valence-corrected chi connectivity index (χ2v) is 15.4. The summed E-state index contributed by atoms with van der Waals surface area (Å²) in [6.45, 7) is 7.13. The van der Waals surface area contributed by atoms with E-state index in [9.17, 15) is 14.7 Å². The highest BCUT2D eigenvalue weighted by Gasteiger charge is 2.51. The van der Waals surface area contributed by atoms with Crippen LogP contribution in [0.4, 0.5) is 5.82 Å². The monoisotopic (exact) mass is 629 g/mol. The Morgan fingerprint density at radius 1 is 1.02 bits per heavy atom. The van der Waals surface area contributed by atoms with Crippen LogP contribution in [0, 0.1) is 24.2 Å². The van der Waals surface area contributed by atoms with Crippen molar-refractivity contribution in [2.24, 2.45) is 17.3 Å². The number of aryl methyl sites for hydroxylation is 1. The number of rotatable bonds is 10. The van der Waals surface area contributed by atoms with Crippen LogP contribution in [-0.2, 0) is 15.0 Å². The van der Waals surface area contributed by atoms with Crippen LogP contribution in [0.1, 0.15) is 107 Å². The van der Waals surface area contributed by atoms with E-state index >= 15 is 0 Å². The lowest BCUT2D eigenvalue weighted by Gasteiger charge is -2.55. The molecule has 2 aromatic heterocycles. The first-order chi connectivity index (χ1) is 21.6. The number of aliphatic carboxylic acids is 1. The summed E-state index contributed by atoms with van der Waals surface area (Å²) in [5.41, 5.74) is 3.95. The first kappa shape index (κ1) is 31.7. The number of nitrogens with zero attached hydrogens (tertiary/aromatic N) is 3. The third-order valence-corrected chi connectivity index (χ3v) is 12.5. The van der Waals surface area contributed by atoms with Crippen molar-refractivity contribution in [3.05, 3.63) is 58.9 Å². The van der Waals surface area contributed by atoms with Gasteiger partial charge in [0.15, 0.2) is 0 Å². The van der Waals surface area contributed by atoms with E-state index in [1.54, 1.807) is 18.4 Å². The van der Waals surface area contributed by atoms with E-state index in [0.717, 1.165) is 91.2 Å². The Morgan fingerprint density at radius 3 is 2.33 bits per heavy atom. The van der Waals surface area contributed by atoms with E-state index in [2.05, 4.69) is 50.0 Å². The highest BCUT2D eigenvalue weighted by atomic mass is 32.1. The van der Waals surface area contributed by atoms with Crippen LogP contribution in [0.2, 0.25) is 0 Å². The molecule has 0 atom stereocenters. The number of anilines is 1. The van der Waals surface area contributed by atoms with Crippen molar-refractivity contribution >= 4 is 29.0 Å². The number of aromatic nitrogens is 2. The molecule has 0 unspecified atom stereocenters. The van der Waals surface area contributed by atoms with Crippen LogP contribution < -0.4 is 9.64 Å². The number of carboxylic acid groups (broad SMARTS) is 1. The fourth-order valence-corrected chi connectivity index (χ4v) is 9.15. The molecule has 4 fully saturated rings. The number of pyridine rings is 1. The van der Waals surface area contributed by atoms with Gasteiger partial charge in [-0.05, 0) is 123 Å². The molecule has 0 saturated heterocycles. The summed E-state index contributed by atoms with van der Waals surface area (Å²) >= 11 is 1.70. The molecule has 240 valence electrons. The van der Waals surface area contributed by atoms with Crippen molar-refractivity contribution in [1.29, 1.82) is 0 Å². The van der Waals surface area contributed by atoms with Gasteiger partial charge in [0, 0.05) is 37.2 Å². The van der Waals surface area contributed by atoms with Gasteiger partial charge in [-0.2, -0.15) is 0 Å². The summed E-state index contributed by atoms with van der Waals surface area (Å²) in [4.78, 5) is 38.3. The zero-order valence-electron chi connectivity index (χ0n) is 27.2. The Labute approximate surface area is 271 Å². The number of fused-ring (bicyclic) bond motifs is 3. The van der Waals surface area contributed by atoms with Gasteiger partial charge in [0.25, 0.3) is 0 Å². The van der Waals surface area contributed by atoms with E-state index < -0.39 is 5.97 Å². The largest absolute Gasteiger partial charge is 0.496 e. The van der Waals surface area contributed by atoms with E-state index in [1.165, 1.54) is 11.1 Å². The lowest BCUT2D eigenvalue weighted by Crippen LogP contribution is -2.52. The minimum Gasteiger partial charge on any atom is -0.496 e. The molecular formula is C37H47N3O4S. The van der Waals surface area contributed by atoms with Crippen molar-refractivity contribution in [2.75, 3.05) is 18.6 Å². The van der Waals surface area contributed by atoms with Crippen LogP contribution in [0.25, 0.3) is 10.4 Å². The van der Waals surface area contributed by atoms with Gasteiger partial charge in [0.05, 0.1) is 17.0 Å². The molecule has 1 amide bonds. The minimum atomic E-state index is -0.745. The molecule has 0 radical (unpaired) electrons. The Morgan fingerprint density at radius 2 is 1.73 bits per heavy atom. The third-order valence-electron chi connectivity index (χ3n) is 11.2. The van der Waals surface area contributed by atoms with Gasteiger partial charge in [0.2, 0.25) is 5.91 Å². The fraction of sp³-hybridized carbons (Fsp3) is 0.568. The van der Waals surface area contributed by atoms with Gasteiger partial charge in [-0.3, -0.25) is 14.5 Å². The highest BCUT2D eigenvalue weighted by molar-refractivity contribution is 7.15. The van der Waals surface area contributed by atoms with Crippen molar-refractivity contribution in [2.45, 2.75) is 103 Å². The van der Waals surface area contributed by atoms with Crippen molar-refractivity contribution in [1.82, 2.24) is 9.97 Å².